The van der Waals surface area contributed by atoms with E-state index in [9.17, 15) is 18.0 Å². The van der Waals surface area contributed by atoms with E-state index in [1.54, 1.807) is 42.5 Å². The number of carbonyl (C=O) groups is 2. The molecule has 0 saturated heterocycles. The van der Waals surface area contributed by atoms with Gasteiger partial charge in [0.1, 0.15) is 12.3 Å². The fourth-order valence-electron chi connectivity index (χ4n) is 3.23. The summed E-state index contributed by atoms with van der Waals surface area (Å²) in [5.41, 5.74) is 0.728. The topological polar surface area (TPSA) is 127 Å². The number of ether oxygens (including phenoxy) is 2. The molecule has 33 heavy (non-hydrogen) atoms. The van der Waals surface area contributed by atoms with Gasteiger partial charge in [-0.3, -0.25) is 13.9 Å². The van der Waals surface area contributed by atoms with Gasteiger partial charge >= 0.3 is 0 Å². The second-order valence-corrected chi connectivity index (χ2v) is 9.07. The Hall–Kier alpha value is -3.99. The molecule has 10 nitrogen and oxygen atoms in total. The third kappa shape index (κ3) is 5.26. The highest BCUT2D eigenvalue weighted by Gasteiger charge is 2.24. The summed E-state index contributed by atoms with van der Waals surface area (Å²) in [5, 5.41) is 5.34. The second kappa shape index (κ2) is 9.25. The lowest BCUT2D eigenvalue weighted by Gasteiger charge is -2.22. The van der Waals surface area contributed by atoms with Crippen LogP contribution in [0.4, 0.5) is 11.4 Å². The van der Waals surface area contributed by atoms with Crippen molar-refractivity contribution in [2.75, 3.05) is 29.2 Å². The van der Waals surface area contributed by atoms with Crippen molar-refractivity contribution in [2.45, 2.75) is 6.54 Å². The van der Waals surface area contributed by atoms with Crippen LogP contribution in [-0.2, 0) is 21.4 Å². The Kier molecular flexibility index (Phi) is 6.22. The summed E-state index contributed by atoms with van der Waals surface area (Å²) >= 11 is 0. The number of hydrogen-bond acceptors (Lipinski definition) is 7. The minimum atomic E-state index is -3.80. The molecule has 0 radical (unpaired) electrons. The molecule has 0 unspecified atom stereocenters. The maximum Gasteiger partial charge on any atom is 0.253 e. The molecule has 1 aromatic heterocycles. The normalized spacial score (nSPS) is 12.3. The number of rotatable bonds is 8. The van der Waals surface area contributed by atoms with Crippen molar-refractivity contribution in [3.05, 3.63) is 72.2 Å². The Morgan fingerprint density at radius 2 is 1.82 bits per heavy atom. The van der Waals surface area contributed by atoms with Crippen molar-refractivity contribution in [3.8, 4) is 11.5 Å². The van der Waals surface area contributed by atoms with Crippen molar-refractivity contribution in [1.29, 1.82) is 0 Å². The van der Waals surface area contributed by atoms with Gasteiger partial charge in [0.05, 0.1) is 36.0 Å². The van der Waals surface area contributed by atoms with E-state index < -0.39 is 28.4 Å². The van der Waals surface area contributed by atoms with E-state index in [0.29, 0.717) is 17.3 Å². The van der Waals surface area contributed by atoms with Gasteiger partial charge in [0.2, 0.25) is 22.7 Å². The highest BCUT2D eigenvalue weighted by atomic mass is 32.2. The standard InChI is InChI=1S/C22H21N3O7S/c1-33(28,29)25(15-8-9-19-20(11-15)32-14-31-19)13-21(26)24-18-7-3-2-6-17(18)22(27)23-12-16-5-4-10-30-16/h2-11H,12-14H2,1H3,(H,23,27)(H,24,26). The Balaban J connectivity index is 1.48. The Labute approximate surface area is 190 Å². The van der Waals surface area contributed by atoms with Crippen molar-refractivity contribution in [1.82, 2.24) is 5.32 Å². The highest BCUT2D eigenvalue weighted by Crippen LogP contribution is 2.36. The molecule has 0 bridgehead atoms. The second-order valence-electron chi connectivity index (χ2n) is 7.16. The summed E-state index contributed by atoms with van der Waals surface area (Å²) in [6, 6.07) is 14.5. The number of amides is 2. The van der Waals surface area contributed by atoms with E-state index in [0.717, 1.165) is 10.6 Å². The molecule has 11 heteroatoms. The van der Waals surface area contributed by atoms with Gasteiger partial charge in [-0.2, -0.15) is 0 Å². The molecule has 172 valence electrons. The molecular weight excluding hydrogens is 450 g/mol. The van der Waals surface area contributed by atoms with E-state index in [4.69, 9.17) is 13.9 Å². The quantitative estimate of drug-likeness (QED) is 0.516. The number of sulfonamides is 1. The molecule has 2 aromatic carbocycles. The van der Waals surface area contributed by atoms with Crippen molar-refractivity contribution in [2.24, 2.45) is 0 Å². The number of fused-ring (bicyclic) bond motifs is 1. The monoisotopic (exact) mass is 471 g/mol. The lowest BCUT2D eigenvalue weighted by atomic mass is 10.1. The third-order valence-electron chi connectivity index (χ3n) is 4.78. The van der Waals surface area contributed by atoms with Crippen LogP contribution in [0.15, 0.2) is 65.3 Å². The van der Waals surface area contributed by atoms with Crippen LogP contribution in [0.3, 0.4) is 0 Å². The fourth-order valence-corrected chi connectivity index (χ4v) is 4.07. The van der Waals surface area contributed by atoms with Crippen molar-refractivity contribution in [3.63, 3.8) is 0 Å². The van der Waals surface area contributed by atoms with Crippen molar-refractivity contribution >= 4 is 33.2 Å². The fraction of sp³-hybridized carbons (Fsp3) is 0.182. The van der Waals surface area contributed by atoms with E-state index >= 15 is 0 Å². The first kappa shape index (κ1) is 22.2. The molecule has 0 atom stereocenters. The predicted molar refractivity (Wildman–Crippen MR) is 120 cm³/mol. The lowest BCUT2D eigenvalue weighted by Crippen LogP contribution is -2.37. The smallest absolute Gasteiger partial charge is 0.253 e. The molecule has 1 aliphatic heterocycles. The van der Waals surface area contributed by atoms with Gasteiger partial charge in [-0.05, 0) is 36.4 Å². The summed E-state index contributed by atoms with van der Waals surface area (Å²) in [5.74, 6) is 0.422. The number of nitrogens with zero attached hydrogens (tertiary/aromatic N) is 1. The Morgan fingerprint density at radius 3 is 2.58 bits per heavy atom. The van der Waals surface area contributed by atoms with Crippen LogP contribution in [0.5, 0.6) is 11.5 Å². The van der Waals surface area contributed by atoms with Crippen LogP contribution in [0.1, 0.15) is 16.1 Å². The Bertz CT molecular complexity index is 1270. The maximum atomic E-state index is 12.8. The van der Waals surface area contributed by atoms with Crippen molar-refractivity contribution < 1.29 is 31.9 Å². The maximum absolute atomic E-state index is 12.8. The van der Waals surface area contributed by atoms with Gasteiger partial charge in [-0.25, -0.2) is 8.42 Å². The predicted octanol–water partition coefficient (Wildman–Crippen LogP) is 2.34. The number of para-hydroxylation sites is 1. The molecular formula is C22H21N3O7S. The number of anilines is 2. The van der Waals surface area contributed by atoms with Crippen LogP contribution < -0.4 is 24.4 Å². The molecule has 2 heterocycles. The largest absolute Gasteiger partial charge is 0.467 e. The number of carbonyl (C=O) groups excluding carboxylic acids is 2. The lowest BCUT2D eigenvalue weighted by molar-refractivity contribution is -0.114. The van der Waals surface area contributed by atoms with Gasteiger partial charge in [-0.1, -0.05) is 12.1 Å². The van der Waals surface area contributed by atoms with Gasteiger partial charge in [-0.15, -0.1) is 0 Å². The van der Waals surface area contributed by atoms with E-state index in [-0.39, 0.29) is 30.3 Å². The van der Waals surface area contributed by atoms with Gasteiger partial charge in [0, 0.05) is 6.07 Å². The molecule has 4 rings (SSSR count). The average Bonchev–Trinajstić information content (AvgIpc) is 3.47. The third-order valence-corrected chi connectivity index (χ3v) is 5.92. The molecule has 2 amide bonds. The molecule has 0 saturated carbocycles. The minimum Gasteiger partial charge on any atom is -0.467 e. The first-order valence-corrected chi connectivity index (χ1v) is 11.7. The zero-order chi connectivity index (χ0) is 23.4. The summed E-state index contributed by atoms with van der Waals surface area (Å²) in [4.78, 5) is 25.4. The van der Waals surface area contributed by atoms with E-state index in [1.165, 1.54) is 18.4 Å². The number of hydrogen-bond donors (Lipinski definition) is 2. The minimum absolute atomic E-state index is 0.0386. The molecule has 3 aromatic rings. The van der Waals surface area contributed by atoms with Crippen LogP contribution in [0.25, 0.3) is 0 Å². The average molecular weight is 471 g/mol. The first-order chi connectivity index (χ1) is 15.8. The first-order valence-electron chi connectivity index (χ1n) is 9.88. The summed E-state index contributed by atoms with van der Waals surface area (Å²) in [7, 11) is -3.80. The van der Waals surface area contributed by atoms with Crippen LogP contribution in [-0.4, -0.2) is 39.8 Å². The number of benzene rings is 2. The molecule has 1 aliphatic rings. The molecule has 0 fully saturated rings. The van der Waals surface area contributed by atoms with Gasteiger partial charge < -0.3 is 24.5 Å². The zero-order valence-corrected chi connectivity index (χ0v) is 18.4. The van der Waals surface area contributed by atoms with Crippen LogP contribution >= 0.6 is 0 Å². The van der Waals surface area contributed by atoms with Gasteiger partial charge in [0.25, 0.3) is 5.91 Å². The molecule has 0 spiro atoms. The van der Waals surface area contributed by atoms with Crippen LogP contribution in [0, 0.1) is 0 Å². The Morgan fingerprint density at radius 1 is 1.03 bits per heavy atom. The van der Waals surface area contributed by atoms with Gasteiger partial charge in [0.15, 0.2) is 11.5 Å². The SMILES string of the molecule is CS(=O)(=O)N(CC(=O)Nc1ccccc1C(=O)NCc1ccco1)c1ccc2c(c1)OCO2. The summed E-state index contributed by atoms with van der Waals surface area (Å²) < 4.78 is 41.5. The van der Waals surface area contributed by atoms with E-state index in [2.05, 4.69) is 10.6 Å². The highest BCUT2D eigenvalue weighted by molar-refractivity contribution is 7.92. The zero-order valence-electron chi connectivity index (χ0n) is 17.6. The van der Waals surface area contributed by atoms with Crippen LogP contribution in [0.2, 0.25) is 0 Å². The summed E-state index contributed by atoms with van der Waals surface area (Å²) in [6.45, 7) is -0.280. The molecule has 0 aliphatic carbocycles. The summed E-state index contributed by atoms with van der Waals surface area (Å²) in [6.07, 6.45) is 2.50. The van der Waals surface area contributed by atoms with E-state index in [1.807, 2.05) is 0 Å². The number of furan rings is 1. The molecule has 2 N–H and O–H groups in total. The number of nitrogens with one attached hydrogen (secondary N) is 2.